The van der Waals surface area contributed by atoms with Crippen LogP contribution in [0.1, 0.15) is 43.1 Å². The summed E-state index contributed by atoms with van der Waals surface area (Å²) in [4.78, 5) is 21.5. The number of rotatable bonds is 7. The maximum atomic E-state index is 11.6. The van der Waals surface area contributed by atoms with Crippen LogP contribution in [0.25, 0.3) is 0 Å². The molecule has 0 saturated heterocycles. The van der Waals surface area contributed by atoms with Gasteiger partial charge in [-0.15, -0.1) is 0 Å². The van der Waals surface area contributed by atoms with Crippen molar-refractivity contribution in [2.75, 3.05) is 0 Å². The summed E-state index contributed by atoms with van der Waals surface area (Å²) in [5, 5.41) is 25.8. The van der Waals surface area contributed by atoms with Crippen molar-refractivity contribution in [2.45, 2.75) is 39.2 Å². The fraction of sp³-hybridized carbons (Fsp3) is 0.667. The zero-order valence-electron chi connectivity index (χ0n) is 10.0. The van der Waals surface area contributed by atoms with Crippen LogP contribution in [-0.4, -0.2) is 20.7 Å². The Morgan fingerprint density at radius 3 is 2.61 bits per heavy atom. The van der Waals surface area contributed by atoms with E-state index >= 15 is 0 Å². The predicted molar refractivity (Wildman–Crippen MR) is 60.5 cm³/mol. The van der Waals surface area contributed by atoms with Crippen LogP contribution in [0.15, 0.2) is 0 Å². The van der Waals surface area contributed by atoms with Gasteiger partial charge in [0.05, 0.1) is 0 Å². The van der Waals surface area contributed by atoms with Crippen molar-refractivity contribution in [3.05, 3.63) is 21.0 Å². The third kappa shape index (κ3) is 2.93. The van der Waals surface area contributed by atoms with Crippen LogP contribution in [-0.2, 0) is 6.54 Å². The summed E-state index contributed by atoms with van der Waals surface area (Å²) in [6, 6.07) is 0. The van der Waals surface area contributed by atoms with E-state index in [-0.39, 0.29) is 11.4 Å². The number of hydrogen-bond acceptors (Lipinski definition) is 5. The van der Waals surface area contributed by atoms with E-state index in [1.165, 1.54) is 0 Å². The van der Waals surface area contributed by atoms with Crippen LogP contribution in [0.4, 0.5) is 5.82 Å². The van der Waals surface area contributed by atoms with Gasteiger partial charge in [0.1, 0.15) is 11.5 Å². The van der Waals surface area contributed by atoms with Gasteiger partial charge >= 0.3 is 11.5 Å². The van der Waals surface area contributed by atoms with E-state index in [9.17, 15) is 20.1 Å². The van der Waals surface area contributed by atoms with Crippen LogP contribution in [0.2, 0.25) is 0 Å². The highest BCUT2D eigenvalue weighted by Crippen LogP contribution is 2.10. The minimum absolute atomic E-state index is 0.00599. The summed E-state index contributed by atoms with van der Waals surface area (Å²) in [5.41, 5.74) is 4.33. The largest absolute Gasteiger partial charge is 0.590 e. The van der Waals surface area contributed by atoms with Gasteiger partial charge in [-0.3, -0.25) is 14.9 Å². The highest BCUT2D eigenvalue weighted by Gasteiger charge is 2.36. The van der Waals surface area contributed by atoms with Crippen molar-refractivity contribution < 1.29 is 14.6 Å². The first kappa shape index (κ1) is 13.9. The molecule has 0 saturated carbocycles. The third-order valence-electron chi connectivity index (χ3n) is 2.44. The van der Waals surface area contributed by atoms with Gasteiger partial charge in [-0.25, -0.2) is 0 Å². The smallest absolute Gasteiger partial charge is 0.571 e. The van der Waals surface area contributed by atoms with Gasteiger partial charge in [-0.1, -0.05) is 31.3 Å². The number of unbranched alkanes of at least 4 members (excludes halogenated alkanes) is 3. The van der Waals surface area contributed by atoms with Gasteiger partial charge in [0.2, 0.25) is 0 Å². The molecule has 9 nitrogen and oxygen atoms in total. The average Bonchev–Trinajstić information content (AvgIpc) is 2.62. The van der Waals surface area contributed by atoms with Crippen molar-refractivity contribution in [1.29, 1.82) is 0 Å². The lowest BCUT2D eigenvalue weighted by atomic mass is 10.2. The molecule has 0 fully saturated rings. The van der Waals surface area contributed by atoms with Gasteiger partial charge in [0, 0.05) is 4.85 Å². The summed E-state index contributed by atoms with van der Waals surface area (Å²) in [6.07, 6.45) is 3.58. The first-order chi connectivity index (χ1) is 8.49. The third-order valence-corrected chi connectivity index (χ3v) is 2.44. The van der Waals surface area contributed by atoms with E-state index in [0.717, 1.165) is 24.1 Å². The van der Waals surface area contributed by atoms with Crippen molar-refractivity contribution in [3.63, 3.8) is 0 Å². The van der Waals surface area contributed by atoms with Gasteiger partial charge in [-0.2, -0.15) is 0 Å². The minimum Gasteiger partial charge on any atom is -0.590 e. The lowest BCUT2D eigenvalue weighted by molar-refractivity contribution is -0.736. The fourth-order valence-electron chi connectivity index (χ4n) is 1.54. The number of carbonyl (C=O) groups excluding carboxylic acids is 1. The molecule has 0 spiro atoms. The standard InChI is InChI=1S/C9H15N5O4/c1-2-3-4-5-6-12-11-7(8(10)15)9(13(12)16)14(17)18/h2-6H2,1H3,(H2,10,15). The van der Waals surface area contributed by atoms with E-state index in [2.05, 4.69) is 5.10 Å². The molecule has 0 atom stereocenters. The fourth-order valence-corrected chi connectivity index (χ4v) is 1.54. The first-order valence-corrected chi connectivity index (χ1v) is 5.63. The van der Waals surface area contributed by atoms with Gasteiger partial charge < -0.3 is 10.9 Å². The summed E-state index contributed by atoms with van der Waals surface area (Å²) in [6.45, 7) is 2.26. The summed E-state index contributed by atoms with van der Waals surface area (Å²) in [7, 11) is 0. The number of aryl methyl sites for hydroxylation is 1. The Hall–Kier alpha value is -2.19. The topological polar surface area (TPSA) is 131 Å². The quantitative estimate of drug-likeness (QED) is 0.243. The highest BCUT2D eigenvalue weighted by atomic mass is 16.6. The van der Waals surface area contributed by atoms with Crippen LogP contribution >= 0.6 is 0 Å². The van der Waals surface area contributed by atoms with E-state index in [0.29, 0.717) is 6.42 Å². The molecule has 9 heteroatoms. The summed E-state index contributed by atoms with van der Waals surface area (Å²) >= 11 is 0. The maximum Gasteiger partial charge on any atom is 0.571 e. The normalized spacial score (nSPS) is 10.5. The Kier molecular flexibility index (Phi) is 4.58. The molecular formula is C9H15N5O4. The average molecular weight is 257 g/mol. The Balaban J connectivity index is 2.90. The molecule has 1 heterocycles. The molecule has 1 aromatic heterocycles. The second kappa shape index (κ2) is 5.94. The molecule has 1 rings (SSSR count). The molecule has 0 aromatic carbocycles. The van der Waals surface area contributed by atoms with E-state index in [1.807, 2.05) is 6.92 Å². The van der Waals surface area contributed by atoms with Gasteiger partial charge in [0.25, 0.3) is 5.91 Å². The molecule has 0 aliphatic heterocycles. The number of nitrogens with two attached hydrogens (primary N) is 1. The zero-order valence-corrected chi connectivity index (χ0v) is 10.0. The molecule has 0 unspecified atom stereocenters. The molecule has 0 bridgehead atoms. The molecular weight excluding hydrogens is 242 g/mol. The summed E-state index contributed by atoms with van der Waals surface area (Å²) in [5.74, 6) is -2.00. The van der Waals surface area contributed by atoms with Gasteiger partial charge in [-0.05, 0) is 11.2 Å². The Morgan fingerprint density at radius 2 is 2.17 bits per heavy atom. The number of hydrogen-bond donors (Lipinski definition) is 1. The van der Waals surface area contributed by atoms with Crippen LogP contribution in [0.5, 0.6) is 0 Å². The molecule has 2 N–H and O–H groups in total. The summed E-state index contributed by atoms with van der Waals surface area (Å²) < 4.78 is 0. The maximum absolute atomic E-state index is 11.6. The molecule has 18 heavy (non-hydrogen) atoms. The number of amides is 1. The first-order valence-electron chi connectivity index (χ1n) is 5.63. The van der Waals surface area contributed by atoms with Crippen LogP contribution in [0, 0.1) is 15.3 Å². The zero-order chi connectivity index (χ0) is 13.7. The van der Waals surface area contributed by atoms with E-state index < -0.39 is 22.3 Å². The Bertz CT molecular complexity index is 456. The van der Waals surface area contributed by atoms with Gasteiger partial charge in [0.15, 0.2) is 0 Å². The second-order valence-electron chi connectivity index (χ2n) is 3.82. The molecule has 0 radical (unpaired) electrons. The molecule has 0 aliphatic rings. The monoisotopic (exact) mass is 257 g/mol. The number of carbonyl (C=O) groups is 1. The number of nitrogens with zero attached hydrogens (tertiary/aromatic N) is 4. The second-order valence-corrected chi connectivity index (χ2v) is 3.82. The number of aromatic nitrogens is 3. The Morgan fingerprint density at radius 1 is 1.50 bits per heavy atom. The minimum atomic E-state index is -1.08. The molecule has 100 valence electrons. The Labute approximate surface area is 103 Å². The SMILES string of the molecule is CCCCCCn1nc(C(N)=O)c([N+](=O)[O-])[n+]1[O-]. The molecule has 0 aliphatic carbocycles. The lowest BCUT2D eigenvalue weighted by Gasteiger charge is -1.99. The molecule has 1 aromatic rings. The highest BCUT2D eigenvalue weighted by molar-refractivity contribution is 5.93. The molecule has 1 amide bonds. The predicted octanol–water partition coefficient (Wildman–Crippen LogP) is 0.104. The lowest BCUT2D eigenvalue weighted by Crippen LogP contribution is -2.40. The van der Waals surface area contributed by atoms with Crippen molar-refractivity contribution >= 4 is 11.7 Å². The van der Waals surface area contributed by atoms with Crippen molar-refractivity contribution in [3.8, 4) is 0 Å². The number of primary amides is 1. The number of nitro groups is 1. The van der Waals surface area contributed by atoms with Crippen molar-refractivity contribution in [1.82, 2.24) is 9.90 Å². The van der Waals surface area contributed by atoms with Crippen LogP contribution in [0.3, 0.4) is 0 Å². The van der Waals surface area contributed by atoms with E-state index in [1.54, 1.807) is 0 Å². The van der Waals surface area contributed by atoms with E-state index in [4.69, 9.17) is 5.73 Å². The van der Waals surface area contributed by atoms with Crippen molar-refractivity contribution in [2.24, 2.45) is 5.73 Å². The van der Waals surface area contributed by atoms with Crippen LogP contribution < -0.4 is 10.6 Å².